The molecule has 190 valence electrons. The number of anilines is 4. The van der Waals surface area contributed by atoms with Crippen molar-refractivity contribution in [2.24, 2.45) is 0 Å². The fraction of sp³-hybridized carbons (Fsp3) is 0.320. The van der Waals surface area contributed by atoms with Crippen molar-refractivity contribution < 1.29 is 18.0 Å². The Morgan fingerprint density at radius 1 is 1.14 bits per heavy atom. The average molecular weight is 519 g/mol. The molecule has 0 bridgehead atoms. The van der Waals surface area contributed by atoms with Gasteiger partial charge in [0.2, 0.25) is 5.95 Å². The van der Waals surface area contributed by atoms with Crippen molar-refractivity contribution in [3.05, 3.63) is 70.1 Å². The lowest BCUT2D eigenvalue weighted by atomic mass is 10.0. The Kier molecular flexibility index (Phi) is 8.27. The first-order chi connectivity index (χ1) is 17.3. The monoisotopic (exact) mass is 518 g/mol. The Hall–Kier alpha value is -3.37. The molecule has 1 aromatic heterocycles. The molecule has 3 aromatic rings. The van der Waals surface area contributed by atoms with Crippen LogP contribution in [0, 0.1) is 5.82 Å². The highest BCUT2D eigenvalue weighted by Crippen LogP contribution is 2.30. The number of carbonyl (C=O) groups is 1. The van der Waals surface area contributed by atoms with E-state index < -0.39 is 18.1 Å². The third-order valence-corrected chi connectivity index (χ3v) is 6.30. The fourth-order valence-electron chi connectivity index (χ4n) is 4.18. The van der Waals surface area contributed by atoms with Gasteiger partial charge in [0, 0.05) is 18.8 Å². The molecular formula is C25H26ClF3N6O. The zero-order valence-electron chi connectivity index (χ0n) is 19.5. The van der Waals surface area contributed by atoms with Crippen LogP contribution in [0.25, 0.3) is 0 Å². The Morgan fingerprint density at radius 3 is 2.67 bits per heavy atom. The van der Waals surface area contributed by atoms with Crippen molar-refractivity contribution >= 4 is 40.6 Å². The van der Waals surface area contributed by atoms with E-state index in [2.05, 4.69) is 31.2 Å². The lowest BCUT2D eigenvalue weighted by Gasteiger charge is -2.15. The minimum Gasteiger partial charge on any atom is -0.355 e. The van der Waals surface area contributed by atoms with Crippen LogP contribution in [0.4, 0.5) is 36.3 Å². The maximum atomic E-state index is 14.5. The molecule has 7 nitrogen and oxygen atoms in total. The molecule has 2 aromatic carbocycles. The molecule has 0 saturated heterocycles. The molecule has 0 aliphatic heterocycles. The number of hydrogen-bond donors (Lipinski definition) is 4. The van der Waals surface area contributed by atoms with Gasteiger partial charge < -0.3 is 21.3 Å². The Balaban J connectivity index is 1.51. The molecule has 1 unspecified atom stereocenters. The summed E-state index contributed by atoms with van der Waals surface area (Å²) in [7, 11) is 1.46. The van der Waals surface area contributed by atoms with E-state index >= 15 is 0 Å². The molecule has 1 atom stereocenters. The maximum absolute atomic E-state index is 14.5. The number of amides is 1. The smallest absolute Gasteiger partial charge is 0.253 e. The maximum Gasteiger partial charge on any atom is 0.253 e. The van der Waals surface area contributed by atoms with E-state index in [1.165, 1.54) is 37.0 Å². The van der Waals surface area contributed by atoms with Crippen molar-refractivity contribution in [1.29, 1.82) is 0 Å². The van der Waals surface area contributed by atoms with Crippen molar-refractivity contribution in [1.82, 2.24) is 20.6 Å². The summed E-state index contributed by atoms with van der Waals surface area (Å²) in [6.45, 7) is -0.296. The molecule has 0 fully saturated rings. The molecule has 1 amide bonds. The number of aromatic nitrogens is 2. The summed E-state index contributed by atoms with van der Waals surface area (Å²) in [5.74, 6) is -0.735. The van der Waals surface area contributed by atoms with E-state index in [1.54, 1.807) is 0 Å². The lowest BCUT2D eigenvalue weighted by Crippen LogP contribution is -2.33. The second-order valence-electron chi connectivity index (χ2n) is 8.44. The first-order valence-electron chi connectivity index (χ1n) is 11.5. The Labute approximate surface area is 211 Å². The quantitative estimate of drug-likeness (QED) is 0.306. The highest BCUT2D eigenvalue weighted by Gasteiger charge is 2.19. The van der Waals surface area contributed by atoms with Crippen LogP contribution in [0.3, 0.4) is 0 Å². The van der Waals surface area contributed by atoms with Crippen LogP contribution in [-0.4, -0.2) is 41.9 Å². The number of rotatable bonds is 8. The second-order valence-corrected chi connectivity index (χ2v) is 8.85. The number of fused-ring (bicyclic) bond motifs is 1. The van der Waals surface area contributed by atoms with Gasteiger partial charge in [-0.25, -0.2) is 18.2 Å². The molecule has 0 spiro atoms. The van der Waals surface area contributed by atoms with Gasteiger partial charge in [0.05, 0.1) is 24.0 Å². The number of hydrogen-bond acceptors (Lipinski definition) is 6. The molecule has 4 N–H and O–H groups in total. The van der Waals surface area contributed by atoms with Gasteiger partial charge in [0.15, 0.2) is 5.82 Å². The average Bonchev–Trinajstić information content (AvgIpc) is 3.07. The summed E-state index contributed by atoms with van der Waals surface area (Å²) in [5, 5.41) is 11.5. The normalized spacial score (nSPS) is 15.2. The standard InChI is InChI=1S/C25H26ClF3N6O/c1-30-24(36)18-3-2-4-20(27)22(18)34-23-19(26)12-32-25(35-23)33-17-10-6-14-5-8-16(31-13-21(28)29)9-7-15(14)11-17/h2-4,6,10-12,16,21,31H,5,7-9,13H2,1H3,(H,30,36)(H2,32,33,34,35). The van der Waals surface area contributed by atoms with E-state index in [9.17, 15) is 18.0 Å². The van der Waals surface area contributed by atoms with Crippen LogP contribution in [0.2, 0.25) is 5.02 Å². The third-order valence-electron chi connectivity index (χ3n) is 6.02. The second kappa shape index (κ2) is 11.6. The summed E-state index contributed by atoms with van der Waals surface area (Å²) in [4.78, 5) is 20.7. The van der Waals surface area contributed by atoms with E-state index in [0.29, 0.717) is 0 Å². The Morgan fingerprint density at radius 2 is 1.92 bits per heavy atom. The highest BCUT2D eigenvalue weighted by molar-refractivity contribution is 6.33. The van der Waals surface area contributed by atoms with Crippen LogP contribution in [-0.2, 0) is 12.8 Å². The minimum atomic E-state index is -2.36. The van der Waals surface area contributed by atoms with E-state index in [4.69, 9.17) is 11.6 Å². The van der Waals surface area contributed by atoms with Gasteiger partial charge in [0.25, 0.3) is 12.3 Å². The number of carbonyl (C=O) groups excluding carboxylic acids is 1. The van der Waals surface area contributed by atoms with Gasteiger partial charge in [-0.15, -0.1) is 0 Å². The van der Waals surface area contributed by atoms with Gasteiger partial charge >= 0.3 is 0 Å². The predicted molar refractivity (Wildman–Crippen MR) is 134 cm³/mol. The molecule has 11 heteroatoms. The van der Waals surface area contributed by atoms with Crippen LogP contribution in [0.1, 0.15) is 34.3 Å². The third kappa shape index (κ3) is 6.24. The molecule has 1 heterocycles. The molecular weight excluding hydrogens is 493 g/mol. The molecule has 0 radical (unpaired) electrons. The Bertz CT molecular complexity index is 1240. The molecule has 0 saturated carbocycles. The van der Waals surface area contributed by atoms with Gasteiger partial charge in [-0.1, -0.05) is 23.7 Å². The minimum absolute atomic E-state index is 0.0501. The van der Waals surface area contributed by atoms with Gasteiger partial charge in [-0.2, -0.15) is 4.98 Å². The van der Waals surface area contributed by atoms with Crippen LogP contribution in [0.5, 0.6) is 0 Å². The number of alkyl halides is 2. The summed E-state index contributed by atoms with van der Waals surface area (Å²) in [6.07, 6.45) is 2.15. The molecule has 36 heavy (non-hydrogen) atoms. The van der Waals surface area contributed by atoms with Crippen molar-refractivity contribution in [2.75, 3.05) is 24.2 Å². The topological polar surface area (TPSA) is 91.0 Å². The number of halogens is 4. The summed E-state index contributed by atoms with van der Waals surface area (Å²) < 4.78 is 39.6. The summed E-state index contributed by atoms with van der Waals surface area (Å²) in [6, 6.07) is 10.1. The zero-order chi connectivity index (χ0) is 25.7. The summed E-state index contributed by atoms with van der Waals surface area (Å²) >= 11 is 6.25. The van der Waals surface area contributed by atoms with E-state index in [0.717, 1.165) is 36.9 Å². The predicted octanol–water partition coefficient (Wildman–Crippen LogP) is 5.22. The SMILES string of the molecule is CNC(=O)c1cccc(F)c1Nc1nc(Nc2ccc3c(c2)CCC(NCC(F)F)CC3)ncc1Cl. The zero-order valence-corrected chi connectivity index (χ0v) is 20.3. The first-order valence-corrected chi connectivity index (χ1v) is 11.9. The highest BCUT2D eigenvalue weighted by atomic mass is 35.5. The van der Waals surface area contributed by atoms with Crippen LogP contribution in [0.15, 0.2) is 42.6 Å². The van der Waals surface area contributed by atoms with Gasteiger partial charge in [-0.05, 0) is 61.1 Å². The largest absolute Gasteiger partial charge is 0.355 e. The van der Waals surface area contributed by atoms with Gasteiger partial charge in [-0.3, -0.25) is 4.79 Å². The van der Waals surface area contributed by atoms with Gasteiger partial charge in [0.1, 0.15) is 10.8 Å². The van der Waals surface area contributed by atoms with Crippen molar-refractivity contribution in [3.63, 3.8) is 0 Å². The van der Waals surface area contributed by atoms with Crippen LogP contribution < -0.4 is 21.3 Å². The van der Waals surface area contributed by atoms with Crippen molar-refractivity contribution in [2.45, 2.75) is 38.2 Å². The first kappa shape index (κ1) is 25.7. The fourth-order valence-corrected chi connectivity index (χ4v) is 4.32. The number of nitrogens with one attached hydrogen (secondary N) is 4. The number of nitrogens with zero attached hydrogens (tertiary/aromatic N) is 2. The van der Waals surface area contributed by atoms with Crippen LogP contribution >= 0.6 is 11.6 Å². The number of benzene rings is 2. The molecule has 4 rings (SSSR count). The van der Waals surface area contributed by atoms with E-state index in [-0.39, 0.29) is 40.6 Å². The molecule has 1 aliphatic carbocycles. The molecule has 1 aliphatic rings. The van der Waals surface area contributed by atoms with Crippen molar-refractivity contribution in [3.8, 4) is 0 Å². The summed E-state index contributed by atoms with van der Waals surface area (Å²) in [5.41, 5.74) is 3.12. The number of aryl methyl sites for hydroxylation is 2. The number of para-hydroxylation sites is 1. The van der Waals surface area contributed by atoms with E-state index in [1.807, 2.05) is 18.2 Å². The lowest BCUT2D eigenvalue weighted by molar-refractivity contribution is 0.0963.